The van der Waals surface area contributed by atoms with Crippen molar-refractivity contribution in [2.45, 2.75) is 13.0 Å². The Morgan fingerprint density at radius 2 is 1.95 bits per heavy atom. The van der Waals surface area contributed by atoms with Crippen LogP contribution in [-0.4, -0.2) is 34.9 Å². The number of nitrogens with zero attached hydrogens (tertiary/aromatic N) is 2. The molecule has 1 aromatic heterocycles. The van der Waals surface area contributed by atoms with E-state index in [0.717, 1.165) is 12.0 Å². The lowest BCUT2D eigenvalue weighted by Crippen LogP contribution is -2.38. The number of hydrogen-bond acceptors (Lipinski definition) is 4. The maximum absolute atomic E-state index is 12.2. The average Bonchev–Trinajstić information content (AvgIpc) is 2.59. The number of esters is 1. The molecule has 5 heteroatoms. The van der Waals surface area contributed by atoms with Crippen molar-refractivity contribution in [1.82, 2.24) is 9.88 Å². The number of amides is 1. The first-order valence-corrected chi connectivity index (χ1v) is 7.16. The fourth-order valence-electron chi connectivity index (χ4n) is 2.49. The molecule has 0 radical (unpaired) electrons. The van der Waals surface area contributed by atoms with Gasteiger partial charge in [-0.2, -0.15) is 0 Å². The van der Waals surface area contributed by atoms with Crippen molar-refractivity contribution in [2.24, 2.45) is 0 Å². The van der Waals surface area contributed by atoms with Crippen molar-refractivity contribution in [3.05, 3.63) is 65.5 Å². The van der Waals surface area contributed by atoms with Crippen LogP contribution in [0.4, 0.5) is 0 Å². The number of pyridine rings is 1. The highest BCUT2D eigenvalue weighted by Gasteiger charge is 2.21. The van der Waals surface area contributed by atoms with Gasteiger partial charge in [-0.25, -0.2) is 4.79 Å². The zero-order valence-corrected chi connectivity index (χ0v) is 12.1. The molecule has 0 spiro atoms. The van der Waals surface area contributed by atoms with Crippen LogP contribution in [0.3, 0.4) is 0 Å². The molecular weight excluding hydrogens is 280 g/mol. The molecule has 2 aromatic rings. The summed E-state index contributed by atoms with van der Waals surface area (Å²) in [6, 6.07) is 11.3. The van der Waals surface area contributed by atoms with Crippen molar-refractivity contribution < 1.29 is 14.3 Å². The minimum atomic E-state index is -0.529. The number of ether oxygens (including phenoxy) is 1. The molecule has 0 unspecified atom stereocenters. The molecule has 0 fully saturated rings. The summed E-state index contributed by atoms with van der Waals surface area (Å²) in [5, 5.41) is 0. The van der Waals surface area contributed by atoms with Crippen LogP contribution in [0, 0.1) is 0 Å². The summed E-state index contributed by atoms with van der Waals surface area (Å²) >= 11 is 0. The van der Waals surface area contributed by atoms with Crippen LogP contribution in [0.5, 0.6) is 0 Å². The number of carbonyl (C=O) groups excluding carboxylic acids is 2. The van der Waals surface area contributed by atoms with E-state index in [-0.39, 0.29) is 12.5 Å². The SMILES string of the molecule is O=C(OCC(=O)N1CCc2ccccc2C1)c1cccnc1. The molecule has 0 saturated heterocycles. The van der Waals surface area contributed by atoms with Crippen molar-refractivity contribution >= 4 is 11.9 Å². The molecule has 0 aliphatic carbocycles. The van der Waals surface area contributed by atoms with Gasteiger partial charge in [0.25, 0.3) is 5.91 Å². The predicted molar refractivity (Wildman–Crippen MR) is 80.1 cm³/mol. The fraction of sp³-hybridized carbons (Fsp3) is 0.235. The van der Waals surface area contributed by atoms with E-state index in [1.54, 1.807) is 23.2 Å². The zero-order chi connectivity index (χ0) is 15.4. The van der Waals surface area contributed by atoms with E-state index < -0.39 is 5.97 Å². The van der Waals surface area contributed by atoms with E-state index in [2.05, 4.69) is 11.1 Å². The monoisotopic (exact) mass is 296 g/mol. The highest BCUT2D eigenvalue weighted by atomic mass is 16.5. The molecule has 0 bridgehead atoms. The molecule has 0 saturated carbocycles. The Morgan fingerprint density at radius 3 is 2.73 bits per heavy atom. The van der Waals surface area contributed by atoms with Crippen molar-refractivity contribution in [3.63, 3.8) is 0 Å². The lowest BCUT2D eigenvalue weighted by molar-refractivity contribution is -0.135. The molecule has 1 aliphatic rings. The minimum Gasteiger partial charge on any atom is -0.452 e. The van der Waals surface area contributed by atoms with Crippen LogP contribution in [0.25, 0.3) is 0 Å². The summed E-state index contributed by atoms with van der Waals surface area (Å²) in [6.45, 7) is 0.982. The lowest BCUT2D eigenvalue weighted by Gasteiger charge is -2.28. The smallest absolute Gasteiger partial charge is 0.340 e. The molecule has 1 aromatic carbocycles. The summed E-state index contributed by atoms with van der Waals surface area (Å²) in [5.74, 6) is -0.703. The lowest BCUT2D eigenvalue weighted by atomic mass is 10.00. The molecule has 0 atom stereocenters. The fourth-order valence-corrected chi connectivity index (χ4v) is 2.49. The molecule has 1 aliphatic heterocycles. The summed E-state index contributed by atoms with van der Waals surface area (Å²) < 4.78 is 5.06. The van der Waals surface area contributed by atoms with Gasteiger partial charge in [-0.05, 0) is 29.7 Å². The number of rotatable bonds is 3. The van der Waals surface area contributed by atoms with Crippen LogP contribution in [0.1, 0.15) is 21.5 Å². The third-order valence-corrected chi connectivity index (χ3v) is 3.71. The number of benzene rings is 1. The number of aromatic nitrogens is 1. The Bertz CT molecular complexity index is 685. The second-order valence-electron chi connectivity index (χ2n) is 5.15. The Kier molecular flexibility index (Phi) is 4.14. The molecule has 112 valence electrons. The first-order chi connectivity index (χ1) is 10.7. The molecule has 22 heavy (non-hydrogen) atoms. The van der Waals surface area contributed by atoms with Gasteiger partial charge in [0.15, 0.2) is 6.61 Å². The van der Waals surface area contributed by atoms with Crippen LogP contribution in [0.2, 0.25) is 0 Å². The maximum Gasteiger partial charge on any atom is 0.340 e. The molecule has 0 N–H and O–H groups in total. The largest absolute Gasteiger partial charge is 0.452 e. The molecule has 1 amide bonds. The highest BCUT2D eigenvalue weighted by molar-refractivity contribution is 5.91. The van der Waals surface area contributed by atoms with Gasteiger partial charge in [0.1, 0.15) is 0 Å². The van der Waals surface area contributed by atoms with E-state index in [9.17, 15) is 9.59 Å². The topological polar surface area (TPSA) is 59.5 Å². The number of carbonyl (C=O) groups is 2. The van der Waals surface area contributed by atoms with Gasteiger partial charge in [0, 0.05) is 25.5 Å². The van der Waals surface area contributed by atoms with Gasteiger partial charge in [-0.15, -0.1) is 0 Å². The second kappa shape index (κ2) is 6.39. The Hall–Kier alpha value is -2.69. The zero-order valence-electron chi connectivity index (χ0n) is 12.1. The van der Waals surface area contributed by atoms with Gasteiger partial charge in [0.05, 0.1) is 5.56 Å². The molecular formula is C17H16N2O3. The number of fused-ring (bicyclic) bond motifs is 1. The molecule has 3 rings (SSSR count). The first-order valence-electron chi connectivity index (χ1n) is 7.16. The van der Waals surface area contributed by atoms with E-state index >= 15 is 0 Å². The van der Waals surface area contributed by atoms with E-state index in [1.807, 2.05) is 18.2 Å². The standard InChI is InChI=1S/C17H16N2O3/c20-16(12-22-17(21)14-6-3-8-18-10-14)19-9-7-13-4-1-2-5-15(13)11-19/h1-6,8,10H,7,9,11-12H2. The van der Waals surface area contributed by atoms with E-state index in [1.165, 1.54) is 11.8 Å². The van der Waals surface area contributed by atoms with E-state index in [4.69, 9.17) is 4.74 Å². The van der Waals surface area contributed by atoms with Gasteiger partial charge < -0.3 is 9.64 Å². The number of hydrogen-bond donors (Lipinski definition) is 0. The molecule has 5 nitrogen and oxygen atoms in total. The van der Waals surface area contributed by atoms with Gasteiger partial charge in [-0.3, -0.25) is 9.78 Å². The third kappa shape index (κ3) is 3.14. The van der Waals surface area contributed by atoms with E-state index in [0.29, 0.717) is 18.7 Å². The quantitative estimate of drug-likeness (QED) is 0.811. The Morgan fingerprint density at radius 1 is 1.14 bits per heavy atom. The molecule has 2 heterocycles. The summed E-state index contributed by atoms with van der Waals surface area (Å²) in [5.41, 5.74) is 2.78. The minimum absolute atomic E-state index is 0.174. The van der Waals surface area contributed by atoms with Crippen molar-refractivity contribution in [3.8, 4) is 0 Å². The van der Waals surface area contributed by atoms with Gasteiger partial charge in [0.2, 0.25) is 0 Å². The predicted octanol–water partition coefficient (Wildman–Crippen LogP) is 1.82. The third-order valence-electron chi connectivity index (χ3n) is 3.71. The van der Waals surface area contributed by atoms with Gasteiger partial charge in [-0.1, -0.05) is 24.3 Å². The Labute approximate surface area is 128 Å². The van der Waals surface area contributed by atoms with Crippen molar-refractivity contribution in [2.75, 3.05) is 13.2 Å². The Balaban J connectivity index is 1.56. The van der Waals surface area contributed by atoms with Crippen LogP contribution in [-0.2, 0) is 22.5 Å². The highest BCUT2D eigenvalue weighted by Crippen LogP contribution is 2.18. The maximum atomic E-state index is 12.2. The average molecular weight is 296 g/mol. The van der Waals surface area contributed by atoms with Gasteiger partial charge >= 0.3 is 5.97 Å². The summed E-state index contributed by atoms with van der Waals surface area (Å²) in [4.78, 5) is 29.5. The summed E-state index contributed by atoms with van der Waals surface area (Å²) in [7, 11) is 0. The van der Waals surface area contributed by atoms with Crippen LogP contribution in [0.15, 0.2) is 48.8 Å². The van der Waals surface area contributed by atoms with Crippen LogP contribution < -0.4 is 0 Å². The van der Waals surface area contributed by atoms with Crippen molar-refractivity contribution in [1.29, 1.82) is 0 Å². The first kappa shape index (κ1) is 14.3. The van der Waals surface area contributed by atoms with Crippen LogP contribution >= 0.6 is 0 Å². The normalized spacial score (nSPS) is 13.4. The second-order valence-corrected chi connectivity index (χ2v) is 5.15. The summed E-state index contributed by atoms with van der Waals surface area (Å²) in [6.07, 6.45) is 3.83.